The van der Waals surface area contributed by atoms with Crippen LogP contribution in [0.1, 0.15) is 41.0 Å². The fourth-order valence-corrected chi connectivity index (χ4v) is 1.17. The van der Waals surface area contributed by atoms with Crippen molar-refractivity contribution in [1.29, 1.82) is 0 Å². The zero-order chi connectivity index (χ0) is 9.72. The van der Waals surface area contributed by atoms with Gasteiger partial charge < -0.3 is 4.90 Å². The average molecular weight is 171 g/mol. The summed E-state index contributed by atoms with van der Waals surface area (Å²) in [5.74, 6) is 1.59. The van der Waals surface area contributed by atoms with E-state index in [1.54, 1.807) is 0 Å². The molecular formula is C11H25N. The molecule has 0 aromatic rings. The summed E-state index contributed by atoms with van der Waals surface area (Å²) in [5, 5.41) is 0. The van der Waals surface area contributed by atoms with Gasteiger partial charge >= 0.3 is 0 Å². The van der Waals surface area contributed by atoms with Gasteiger partial charge in [-0.3, -0.25) is 0 Å². The summed E-state index contributed by atoms with van der Waals surface area (Å²) in [6, 6.07) is 0.712. The van der Waals surface area contributed by atoms with Crippen LogP contribution in [0.4, 0.5) is 0 Å². The Morgan fingerprint density at radius 3 is 1.83 bits per heavy atom. The molecule has 1 heteroatoms. The van der Waals surface area contributed by atoms with E-state index >= 15 is 0 Å². The maximum Gasteiger partial charge on any atom is 0.00868 e. The van der Waals surface area contributed by atoms with E-state index in [1.165, 1.54) is 13.0 Å². The van der Waals surface area contributed by atoms with E-state index in [-0.39, 0.29) is 0 Å². The molecule has 0 radical (unpaired) electrons. The van der Waals surface area contributed by atoms with Crippen LogP contribution in [0.3, 0.4) is 0 Å². The Morgan fingerprint density at radius 2 is 1.50 bits per heavy atom. The predicted octanol–water partition coefficient (Wildman–Crippen LogP) is 3.01. The third-order valence-corrected chi connectivity index (χ3v) is 2.72. The highest BCUT2D eigenvalue weighted by Crippen LogP contribution is 2.10. The molecule has 1 nitrogen and oxygen atoms in total. The van der Waals surface area contributed by atoms with Gasteiger partial charge in [-0.2, -0.15) is 0 Å². The van der Waals surface area contributed by atoms with Crippen molar-refractivity contribution in [3.8, 4) is 0 Å². The lowest BCUT2D eigenvalue weighted by Crippen LogP contribution is -2.34. The van der Waals surface area contributed by atoms with Crippen molar-refractivity contribution in [2.45, 2.75) is 47.1 Å². The van der Waals surface area contributed by atoms with Crippen LogP contribution in [0, 0.1) is 11.8 Å². The first-order valence-electron chi connectivity index (χ1n) is 5.15. The standard InChI is InChI=1S/C11H25N/c1-9(2)7-8-12(6)11(5)10(3)4/h9-11H,7-8H2,1-6H3/t11-/m0/s1. The molecule has 12 heavy (non-hydrogen) atoms. The highest BCUT2D eigenvalue weighted by molar-refractivity contribution is 4.66. The van der Waals surface area contributed by atoms with E-state index in [9.17, 15) is 0 Å². The third kappa shape index (κ3) is 4.76. The minimum absolute atomic E-state index is 0.712. The summed E-state index contributed by atoms with van der Waals surface area (Å²) in [6.07, 6.45) is 1.31. The van der Waals surface area contributed by atoms with Gasteiger partial charge in [-0.05, 0) is 38.8 Å². The van der Waals surface area contributed by atoms with Gasteiger partial charge in [-0.25, -0.2) is 0 Å². The number of rotatable bonds is 5. The lowest BCUT2D eigenvalue weighted by atomic mass is 10.0. The molecule has 0 rings (SSSR count). The molecule has 0 saturated heterocycles. The van der Waals surface area contributed by atoms with Crippen molar-refractivity contribution in [2.24, 2.45) is 11.8 Å². The van der Waals surface area contributed by atoms with Crippen LogP contribution in [-0.2, 0) is 0 Å². The second-order valence-electron chi connectivity index (χ2n) is 4.65. The lowest BCUT2D eigenvalue weighted by Gasteiger charge is -2.28. The number of nitrogens with zero attached hydrogens (tertiary/aromatic N) is 1. The molecule has 0 heterocycles. The Morgan fingerprint density at radius 1 is 1.00 bits per heavy atom. The topological polar surface area (TPSA) is 3.24 Å². The second kappa shape index (κ2) is 5.58. The Hall–Kier alpha value is -0.0400. The van der Waals surface area contributed by atoms with Gasteiger partial charge in [0.2, 0.25) is 0 Å². The van der Waals surface area contributed by atoms with Crippen LogP contribution < -0.4 is 0 Å². The Labute approximate surface area is 78.1 Å². The summed E-state index contributed by atoms with van der Waals surface area (Å²) in [4.78, 5) is 2.46. The summed E-state index contributed by atoms with van der Waals surface area (Å²) >= 11 is 0. The van der Waals surface area contributed by atoms with Crippen molar-refractivity contribution in [3.63, 3.8) is 0 Å². The van der Waals surface area contributed by atoms with Gasteiger partial charge in [0.1, 0.15) is 0 Å². The highest BCUT2D eigenvalue weighted by Gasteiger charge is 2.12. The van der Waals surface area contributed by atoms with E-state index in [1.807, 2.05) is 0 Å². The van der Waals surface area contributed by atoms with Crippen LogP contribution in [-0.4, -0.2) is 24.5 Å². The first-order valence-corrected chi connectivity index (χ1v) is 5.15. The highest BCUT2D eigenvalue weighted by atomic mass is 15.1. The fourth-order valence-electron chi connectivity index (χ4n) is 1.17. The molecule has 0 aliphatic heterocycles. The van der Waals surface area contributed by atoms with Crippen LogP contribution >= 0.6 is 0 Å². The molecule has 1 atom stereocenters. The first kappa shape index (κ1) is 12.0. The summed E-state index contributed by atoms with van der Waals surface area (Å²) < 4.78 is 0. The van der Waals surface area contributed by atoms with Crippen LogP contribution in [0.2, 0.25) is 0 Å². The quantitative estimate of drug-likeness (QED) is 0.614. The summed E-state index contributed by atoms with van der Waals surface area (Å²) in [6.45, 7) is 12.7. The lowest BCUT2D eigenvalue weighted by molar-refractivity contribution is 0.198. The van der Waals surface area contributed by atoms with E-state index in [2.05, 4.69) is 46.6 Å². The molecule has 0 N–H and O–H groups in total. The van der Waals surface area contributed by atoms with E-state index < -0.39 is 0 Å². The van der Waals surface area contributed by atoms with E-state index in [0.717, 1.165) is 11.8 Å². The molecule has 0 amide bonds. The first-order chi connectivity index (χ1) is 5.45. The third-order valence-electron chi connectivity index (χ3n) is 2.72. The van der Waals surface area contributed by atoms with Crippen molar-refractivity contribution in [3.05, 3.63) is 0 Å². The average Bonchev–Trinajstić information content (AvgIpc) is 1.98. The molecule has 0 aromatic heterocycles. The van der Waals surface area contributed by atoms with Crippen LogP contribution in [0.25, 0.3) is 0 Å². The van der Waals surface area contributed by atoms with Gasteiger partial charge in [0.05, 0.1) is 0 Å². The van der Waals surface area contributed by atoms with Crippen LogP contribution in [0.15, 0.2) is 0 Å². The Kier molecular flexibility index (Phi) is 5.56. The molecule has 0 aliphatic rings. The predicted molar refractivity (Wildman–Crippen MR) is 56.4 cm³/mol. The molecule has 0 unspecified atom stereocenters. The van der Waals surface area contributed by atoms with Crippen molar-refractivity contribution < 1.29 is 0 Å². The fraction of sp³-hybridized carbons (Fsp3) is 1.00. The second-order valence-corrected chi connectivity index (χ2v) is 4.65. The van der Waals surface area contributed by atoms with Crippen molar-refractivity contribution >= 4 is 0 Å². The maximum absolute atomic E-state index is 2.46. The minimum Gasteiger partial charge on any atom is -0.303 e. The van der Waals surface area contributed by atoms with E-state index in [4.69, 9.17) is 0 Å². The molecular weight excluding hydrogens is 146 g/mol. The largest absolute Gasteiger partial charge is 0.303 e. The molecule has 0 saturated carbocycles. The monoisotopic (exact) mass is 171 g/mol. The van der Waals surface area contributed by atoms with Gasteiger partial charge in [0.25, 0.3) is 0 Å². The van der Waals surface area contributed by atoms with Crippen LogP contribution in [0.5, 0.6) is 0 Å². The Balaban J connectivity index is 3.64. The number of hydrogen-bond donors (Lipinski definition) is 0. The minimum atomic E-state index is 0.712. The van der Waals surface area contributed by atoms with Crippen molar-refractivity contribution in [2.75, 3.05) is 13.6 Å². The molecule has 0 fully saturated rings. The van der Waals surface area contributed by atoms with Gasteiger partial charge in [-0.1, -0.05) is 27.7 Å². The van der Waals surface area contributed by atoms with E-state index in [0.29, 0.717) is 6.04 Å². The molecule has 0 aromatic carbocycles. The van der Waals surface area contributed by atoms with Gasteiger partial charge in [-0.15, -0.1) is 0 Å². The maximum atomic E-state index is 2.46. The zero-order valence-corrected chi connectivity index (χ0v) is 9.59. The van der Waals surface area contributed by atoms with Crippen molar-refractivity contribution in [1.82, 2.24) is 4.90 Å². The van der Waals surface area contributed by atoms with Gasteiger partial charge in [0.15, 0.2) is 0 Å². The molecule has 0 bridgehead atoms. The molecule has 0 aliphatic carbocycles. The smallest absolute Gasteiger partial charge is 0.00868 e. The SMILES string of the molecule is CC(C)CCN(C)[C@@H](C)C(C)C. The Bertz CT molecular complexity index is 108. The number of hydrogen-bond acceptors (Lipinski definition) is 1. The summed E-state index contributed by atoms with van der Waals surface area (Å²) in [7, 11) is 2.23. The van der Waals surface area contributed by atoms with Gasteiger partial charge in [0, 0.05) is 6.04 Å². The zero-order valence-electron chi connectivity index (χ0n) is 9.59. The molecule has 0 spiro atoms. The molecule has 74 valence electrons. The summed E-state index contributed by atoms with van der Waals surface area (Å²) in [5.41, 5.74) is 0. The normalized spacial score (nSPS) is 14.8.